The van der Waals surface area contributed by atoms with Crippen LogP contribution in [-0.4, -0.2) is 30.0 Å². The van der Waals surface area contributed by atoms with Crippen LogP contribution in [0.1, 0.15) is 25.7 Å². The second-order valence-electron chi connectivity index (χ2n) is 6.64. The third-order valence-corrected chi connectivity index (χ3v) is 5.09. The van der Waals surface area contributed by atoms with Crippen molar-refractivity contribution in [1.29, 1.82) is 0 Å². The van der Waals surface area contributed by atoms with Crippen LogP contribution in [-0.2, 0) is 7.05 Å². The van der Waals surface area contributed by atoms with E-state index in [0.29, 0.717) is 23.6 Å². The van der Waals surface area contributed by atoms with E-state index in [4.69, 9.17) is 4.74 Å². The van der Waals surface area contributed by atoms with Gasteiger partial charge in [-0.15, -0.1) is 0 Å². The summed E-state index contributed by atoms with van der Waals surface area (Å²) in [5, 5.41) is 8.58. The van der Waals surface area contributed by atoms with Gasteiger partial charge < -0.3 is 10.1 Å². The molecule has 0 fully saturated rings. The van der Waals surface area contributed by atoms with Crippen LogP contribution in [0.3, 0.4) is 0 Å². The Morgan fingerprint density at radius 2 is 1.93 bits per heavy atom. The summed E-state index contributed by atoms with van der Waals surface area (Å²) in [5.74, 6) is 0.249. The summed E-state index contributed by atoms with van der Waals surface area (Å²) < 4.78 is 23.2. The molecule has 27 heavy (non-hydrogen) atoms. The highest BCUT2D eigenvalue weighted by molar-refractivity contribution is 9.10. The Morgan fingerprint density at radius 1 is 1.11 bits per heavy atom. The smallest absolute Gasteiger partial charge is 0.136 e. The second-order valence-corrected chi connectivity index (χ2v) is 7.56. The molecule has 1 heterocycles. The van der Waals surface area contributed by atoms with Gasteiger partial charge in [-0.3, -0.25) is 4.68 Å². The first-order valence-electron chi connectivity index (χ1n) is 9.29. The van der Waals surface area contributed by atoms with Crippen LogP contribution in [0, 0.1) is 5.82 Å². The minimum atomic E-state index is -0.315. The van der Waals surface area contributed by atoms with E-state index in [1.165, 1.54) is 18.9 Å². The highest BCUT2D eigenvalue weighted by Gasteiger charge is 2.15. The molecule has 0 aliphatic heterocycles. The fraction of sp³-hybridized carbons (Fsp3) is 0.381. The standard InChI is InChI=1S/C21H25BrFN3O/c1-24-11-5-3-4-6-12-27-16-8-10-17(19(23)14-16)21-18-9-7-15(22)13-20(18)26(2)25-21/h7-10,13-14,24H,3-6,11-12H2,1-2H3. The number of hydrogen-bond donors (Lipinski definition) is 1. The lowest BCUT2D eigenvalue weighted by Gasteiger charge is -2.08. The highest BCUT2D eigenvalue weighted by Crippen LogP contribution is 2.32. The zero-order valence-corrected chi connectivity index (χ0v) is 17.4. The molecule has 0 saturated carbocycles. The Bertz CT molecular complexity index is 910. The van der Waals surface area contributed by atoms with Crippen molar-refractivity contribution in [2.75, 3.05) is 20.2 Å². The maximum absolute atomic E-state index is 14.7. The number of ether oxygens (including phenoxy) is 1. The average Bonchev–Trinajstić information content (AvgIpc) is 2.97. The van der Waals surface area contributed by atoms with E-state index in [2.05, 4.69) is 26.3 Å². The van der Waals surface area contributed by atoms with Gasteiger partial charge in [-0.25, -0.2) is 4.39 Å². The quantitative estimate of drug-likeness (QED) is 0.465. The van der Waals surface area contributed by atoms with E-state index < -0.39 is 0 Å². The van der Waals surface area contributed by atoms with Crippen molar-refractivity contribution in [3.8, 4) is 17.0 Å². The fourth-order valence-corrected chi connectivity index (χ4v) is 3.50. The molecule has 0 atom stereocenters. The van der Waals surface area contributed by atoms with E-state index >= 15 is 0 Å². The van der Waals surface area contributed by atoms with Gasteiger partial charge in [-0.05, 0) is 56.8 Å². The summed E-state index contributed by atoms with van der Waals surface area (Å²) in [6, 6.07) is 10.9. The fourth-order valence-electron chi connectivity index (χ4n) is 3.15. The molecule has 0 radical (unpaired) electrons. The number of rotatable bonds is 9. The predicted octanol–water partition coefficient (Wildman–Crippen LogP) is 5.30. The van der Waals surface area contributed by atoms with E-state index in [-0.39, 0.29) is 5.82 Å². The Labute approximate surface area is 167 Å². The predicted molar refractivity (Wildman–Crippen MR) is 112 cm³/mol. The molecule has 3 aromatic rings. The molecule has 0 amide bonds. The molecule has 144 valence electrons. The Hall–Kier alpha value is -1.92. The average molecular weight is 434 g/mol. The zero-order valence-electron chi connectivity index (χ0n) is 15.8. The minimum absolute atomic E-state index is 0.315. The molecular formula is C21H25BrFN3O. The summed E-state index contributed by atoms with van der Waals surface area (Å²) in [6.45, 7) is 1.66. The van der Waals surface area contributed by atoms with Gasteiger partial charge in [0.2, 0.25) is 0 Å². The van der Waals surface area contributed by atoms with Gasteiger partial charge >= 0.3 is 0 Å². The maximum Gasteiger partial charge on any atom is 0.136 e. The molecule has 6 heteroatoms. The molecule has 4 nitrogen and oxygen atoms in total. The number of fused-ring (bicyclic) bond motifs is 1. The first kappa shape index (κ1) is 19.8. The third-order valence-electron chi connectivity index (χ3n) is 4.60. The molecule has 3 rings (SSSR count). The summed E-state index contributed by atoms with van der Waals surface area (Å²) in [7, 11) is 3.83. The van der Waals surface area contributed by atoms with Crippen molar-refractivity contribution in [1.82, 2.24) is 15.1 Å². The number of hydrogen-bond acceptors (Lipinski definition) is 3. The van der Waals surface area contributed by atoms with Gasteiger partial charge in [-0.1, -0.05) is 28.8 Å². The molecule has 1 aromatic heterocycles. The van der Waals surface area contributed by atoms with Crippen LogP contribution in [0.4, 0.5) is 4.39 Å². The van der Waals surface area contributed by atoms with Gasteiger partial charge in [0.1, 0.15) is 17.3 Å². The monoisotopic (exact) mass is 433 g/mol. The Morgan fingerprint density at radius 3 is 2.70 bits per heavy atom. The molecular weight excluding hydrogens is 409 g/mol. The summed E-state index contributed by atoms with van der Waals surface area (Å²) >= 11 is 3.47. The molecule has 0 spiro atoms. The number of aryl methyl sites for hydroxylation is 1. The molecule has 0 saturated heterocycles. The number of unbranched alkanes of at least 4 members (excludes halogenated alkanes) is 3. The van der Waals surface area contributed by atoms with Crippen molar-refractivity contribution >= 4 is 26.8 Å². The summed E-state index contributed by atoms with van der Waals surface area (Å²) in [4.78, 5) is 0. The molecule has 1 N–H and O–H groups in total. The first-order valence-corrected chi connectivity index (χ1v) is 10.1. The van der Waals surface area contributed by atoms with E-state index in [1.807, 2.05) is 38.4 Å². The third kappa shape index (κ3) is 4.87. The van der Waals surface area contributed by atoms with E-state index in [1.54, 1.807) is 10.7 Å². The SMILES string of the molecule is CNCCCCCCOc1ccc(-c2nn(C)c3cc(Br)ccc23)c(F)c1. The second kappa shape index (κ2) is 9.33. The lowest BCUT2D eigenvalue weighted by molar-refractivity contribution is 0.303. The van der Waals surface area contributed by atoms with Crippen molar-refractivity contribution in [3.63, 3.8) is 0 Å². The summed E-state index contributed by atoms with van der Waals surface area (Å²) in [6.07, 6.45) is 4.46. The Kier molecular flexibility index (Phi) is 6.85. The topological polar surface area (TPSA) is 39.1 Å². The van der Waals surface area contributed by atoms with Crippen LogP contribution in [0.15, 0.2) is 40.9 Å². The van der Waals surface area contributed by atoms with Crippen LogP contribution >= 0.6 is 15.9 Å². The first-order chi connectivity index (χ1) is 13.1. The van der Waals surface area contributed by atoms with E-state index in [0.717, 1.165) is 34.8 Å². The minimum Gasteiger partial charge on any atom is -0.493 e. The molecule has 0 aliphatic rings. The molecule has 0 aliphatic carbocycles. The lowest BCUT2D eigenvalue weighted by Crippen LogP contribution is -2.07. The summed E-state index contributed by atoms with van der Waals surface area (Å²) in [5.41, 5.74) is 2.09. The van der Waals surface area contributed by atoms with Crippen LogP contribution in [0.25, 0.3) is 22.2 Å². The highest BCUT2D eigenvalue weighted by atomic mass is 79.9. The van der Waals surface area contributed by atoms with Gasteiger partial charge in [0.05, 0.1) is 12.1 Å². The van der Waals surface area contributed by atoms with Crippen LogP contribution in [0.2, 0.25) is 0 Å². The number of benzene rings is 2. The van der Waals surface area contributed by atoms with Gasteiger partial charge in [0, 0.05) is 28.5 Å². The maximum atomic E-state index is 14.7. The van der Waals surface area contributed by atoms with Gasteiger partial charge in [0.15, 0.2) is 0 Å². The molecule has 0 unspecified atom stereocenters. The number of aromatic nitrogens is 2. The van der Waals surface area contributed by atoms with Crippen molar-refractivity contribution < 1.29 is 9.13 Å². The lowest BCUT2D eigenvalue weighted by atomic mass is 10.1. The van der Waals surface area contributed by atoms with Gasteiger partial charge in [-0.2, -0.15) is 5.10 Å². The van der Waals surface area contributed by atoms with Gasteiger partial charge in [0.25, 0.3) is 0 Å². The van der Waals surface area contributed by atoms with Crippen molar-refractivity contribution in [2.45, 2.75) is 25.7 Å². The van der Waals surface area contributed by atoms with Crippen molar-refractivity contribution in [2.24, 2.45) is 7.05 Å². The molecule has 0 bridgehead atoms. The number of nitrogens with zero attached hydrogens (tertiary/aromatic N) is 2. The van der Waals surface area contributed by atoms with Crippen molar-refractivity contribution in [3.05, 3.63) is 46.7 Å². The molecule has 2 aromatic carbocycles. The zero-order chi connectivity index (χ0) is 19.2. The largest absolute Gasteiger partial charge is 0.493 e. The van der Waals surface area contributed by atoms with Crippen LogP contribution in [0.5, 0.6) is 5.75 Å². The number of halogens is 2. The number of nitrogens with one attached hydrogen (secondary N) is 1. The van der Waals surface area contributed by atoms with E-state index in [9.17, 15) is 4.39 Å². The Balaban J connectivity index is 1.67. The van der Waals surface area contributed by atoms with Crippen LogP contribution < -0.4 is 10.1 Å². The normalized spacial score (nSPS) is 11.3.